The van der Waals surface area contributed by atoms with E-state index < -0.39 is 11.2 Å². The molecule has 4 N–H and O–H groups in total. The Bertz CT molecular complexity index is 3420. The highest BCUT2D eigenvalue weighted by Gasteiger charge is 2.52. The minimum absolute atomic E-state index is 0.0281. The van der Waals surface area contributed by atoms with Crippen molar-refractivity contribution in [3.8, 4) is 33.8 Å². The lowest BCUT2D eigenvalue weighted by Gasteiger charge is -2.32. The molecule has 0 spiro atoms. The van der Waals surface area contributed by atoms with Crippen LogP contribution in [0.1, 0.15) is 142 Å². The number of ether oxygens (including phenoxy) is 2. The first-order valence-electron chi connectivity index (χ1n) is 26.8. The maximum atomic E-state index is 12.4. The highest BCUT2D eigenvalue weighted by molar-refractivity contribution is 6.62. The number of H-pyrrole nitrogens is 2. The third kappa shape index (κ3) is 13.1. The van der Waals surface area contributed by atoms with E-state index in [2.05, 4.69) is 121 Å². The number of hydrogen-bond acceptors (Lipinski definition) is 12. The zero-order valence-electron chi connectivity index (χ0n) is 46.9. The fourth-order valence-electron chi connectivity index (χ4n) is 9.97. The Kier molecular flexibility index (Phi) is 15.9. The summed E-state index contributed by atoms with van der Waals surface area (Å²) in [5.74, 6) is 0. The molecule has 2 amide bonds. The lowest BCUT2D eigenvalue weighted by Crippen LogP contribution is -2.41. The lowest BCUT2D eigenvalue weighted by molar-refractivity contribution is 0.00578. The number of benzene rings is 2. The van der Waals surface area contributed by atoms with E-state index in [9.17, 15) is 9.59 Å². The van der Waals surface area contributed by atoms with Gasteiger partial charge in [0.2, 0.25) is 0 Å². The average molecular weight is 1080 g/mol. The number of aromatic nitrogens is 10. The summed E-state index contributed by atoms with van der Waals surface area (Å²) in [5.41, 5.74) is 11.5. The number of nitrogens with zero attached hydrogens (tertiary/aromatic N) is 8. The zero-order chi connectivity index (χ0) is 55.7. The van der Waals surface area contributed by atoms with Gasteiger partial charge < -0.3 is 39.4 Å². The van der Waals surface area contributed by atoms with Crippen LogP contribution in [0, 0.1) is 0 Å². The van der Waals surface area contributed by atoms with Gasteiger partial charge in [-0.15, -0.1) is 0 Å². The van der Waals surface area contributed by atoms with E-state index >= 15 is 0 Å². The van der Waals surface area contributed by atoms with Crippen molar-refractivity contribution in [2.24, 2.45) is 14.1 Å². The van der Waals surface area contributed by atoms with Crippen LogP contribution in [0.25, 0.3) is 55.8 Å². The standard InChI is InChI=1S/C26H30N6O2.C22H34BNO4.C10H8ClN5/c1-26(2,3)34-25(33)31-21-8-6-5-7-16-11-17(9-10-19(16)21)23-20-12-22(18-13-29-32(4)14-18)30-24(20)28-15-27-23;1-20(2,3)26-19(25)24-18-11-9-8-10-15-14-16(12-13-17(15)18)23-27-21(4,5)22(6,7)28-23;1-16-4-6(3-14-16)8-2-7-9(11)12-5-13-10(7)15-8/h9-15,21H,5-8H2,1-4H3,(H,31,33)(H,27,28,30);12-14,18H,8-11H2,1-7H3,(H,24,25);2-5H,1H3,(H,12,13,15). The van der Waals surface area contributed by atoms with Crippen LogP contribution in [-0.2, 0) is 45.7 Å². The number of carbonyl (C=O) groups excluding carboxylic acids is 2. The molecule has 78 heavy (non-hydrogen) atoms. The molecule has 18 nitrogen and oxygen atoms in total. The second-order valence-corrected chi connectivity index (χ2v) is 23.8. The fraction of sp³-hybridized carbons (Fsp3) is 0.448. The Balaban J connectivity index is 0.000000151. The summed E-state index contributed by atoms with van der Waals surface area (Å²) in [6.45, 7) is 19.5. The summed E-state index contributed by atoms with van der Waals surface area (Å²) < 4.78 is 26.9. The van der Waals surface area contributed by atoms with Gasteiger partial charge in [-0.05, 0) is 154 Å². The topological polar surface area (TPSA) is 214 Å². The highest BCUT2D eigenvalue weighted by atomic mass is 35.5. The SMILES string of the molecule is CC(C)(C)OC(=O)NC1CCCCc2cc(B3OC(C)(C)C(C)(C)O3)ccc21.Cn1cc(-c2cc3c(-c4ccc5c(c4)CCCCC5NC(=O)OC(C)(C)C)ncnc3[nH]2)cn1.Cn1cc(-c2cc3c(Cl)ncnc3[nH]2)cn1. The third-order valence-electron chi connectivity index (χ3n) is 14.5. The molecule has 1 aliphatic heterocycles. The monoisotopic (exact) mass is 1080 g/mol. The van der Waals surface area contributed by atoms with E-state index in [-0.39, 0.29) is 42.6 Å². The highest BCUT2D eigenvalue weighted by Crippen LogP contribution is 2.38. The van der Waals surface area contributed by atoms with Gasteiger partial charge >= 0.3 is 19.3 Å². The third-order valence-corrected chi connectivity index (χ3v) is 14.8. The molecular formula is C58H72BClN12O6. The number of halogens is 1. The van der Waals surface area contributed by atoms with Crippen LogP contribution in [0.4, 0.5) is 9.59 Å². The van der Waals surface area contributed by atoms with Gasteiger partial charge in [-0.25, -0.2) is 29.5 Å². The number of amides is 2. The van der Waals surface area contributed by atoms with Crippen molar-refractivity contribution >= 4 is 58.4 Å². The van der Waals surface area contributed by atoms with Crippen LogP contribution in [0.2, 0.25) is 5.15 Å². The maximum Gasteiger partial charge on any atom is 0.494 e. The first kappa shape index (κ1) is 55.7. The smallest absolute Gasteiger partial charge is 0.444 e. The van der Waals surface area contributed by atoms with Gasteiger partial charge in [-0.2, -0.15) is 10.2 Å². The second kappa shape index (κ2) is 22.3. The van der Waals surface area contributed by atoms with E-state index in [4.69, 9.17) is 30.4 Å². The second-order valence-electron chi connectivity index (χ2n) is 23.4. The molecule has 2 aromatic carbocycles. The number of aryl methyl sites for hydroxylation is 4. The van der Waals surface area contributed by atoms with Gasteiger partial charge in [0.15, 0.2) is 0 Å². The Labute approximate surface area is 461 Å². The molecule has 0 saturated carbocycles. The molecule has 1 fully saturated rings. The van der Waals surface area contributed by atoms with Gasteiger partial charge in [0.25, 0.3) is 0 Å². The summed E-state index contributed by atoms with van der Waals surface area (Å²) in [7, 11) is 3.41. The van der Waals surface area contributed by atoms with Gasteiger partial charge in [0.05, 0.1) is 58.1 Å². The molecule has 1 saturated heterocycles. The average Bonchev–Trinajstić information content (AvgIpc) is 4.25. The molecule has 0 bridgehead atoms. The fourth-order valence-corrected chi connectivity index (χ4v) is 10.2. The molecule has 2 atom stereocenters. The molecule has 410 valence electrons. The normalized spacial score (nSPS) is 17.8. The number of hydrogen-bond donors (Lipinski definition) is 4. The first-order chi connectivity index (χ1) is 36.9. The Morgan fingerprint density at radius 1 is 0.654 bits per heavy atom. The molecular weight excluding hydrogens is 1010 g/mol. The van der Waals surface area contributed by atoms with Crippen molar-refractivity contribution in [1.29, 1.82) is 0 Å². The zero-order valence-corrected chi connectivity index (χ0v) is 47.6. The summed E-state index contributed by atoms with van der Waals surface area (Å²) in [5, 5.41) is 16.8. The number of aromatic amines is 2. The lowest BCUT2D eigenvalue weighted by atomic mass is 9.77. The van der Waals surface area contributed by atoms with E-state index in [0.717, 1.165) is 118 Å². The summed E-state index contributed by atoms with van der Waals surface area (Å²) in [4.78, 5) is 48.4. The molecule has 6 aromatic heterocycles. The van der Waals surface area contributed by atoms with Crippen LogP contribution < -0.4 is 16.1 Å². The predicted molar refractivity (Wildman–Crippen MR) is 304 cm³/mol. The largest absolute Gasteiger partial charge is 0.494 e. The Morgan fingerprint density at radius 2 is 1.14 bits per heavy atom. The van der Waals surface area contributed by atoms with Gasteiger partial charge in [-0.3, -0.25) is 9.36 Å². The predicted octanol–water partition coefficient (Wildman–Crippen LogP) is 11.6. The van der Waals surface area contributed by atoms with Crippen molar-refractivity contribution < 1.29 is 28.4 Å². The molecule has 2 aliphatic carbocycles. The number of alkyl carbamates (subject to hydrolysis) is 2. The van der Waals surface area contributed by atoms with Crippen LogP contribution in [0.5, 0.6) is 0 Å². The Morgan fingerprint density at radius 3 is 1.64 bits per heavy atom. The van der Waals surface area contributed by atoms with E-state index in [1.54, 1.807) is 21.9 Å². The van der Waals surface area contributed by atoms with Crippen LogP contribution in [-0.4, -0.2) is 91.2 Å². The van der Waals surface area contributed by atoms with Crippen LogP contribution in [0.15, 0.2) is 86.0 Å². The molecule has 0 radical (unpaired) electrons. The van der Waals surface area contributed by atoms with E-state index in [1.165, 1.54) is 23.0 Å². The van der Waals surface area contributed by atoms with Crippen LogP contribution >= 0.6 is 11.6 Å². The van der Waals surface area contributed by atoms with Crippen molar-refractivity contribution in [3.63, 3.8) is 0 Å². The number of fused-ring (bicyclic) bond motifs is 4. The van der Waals surface area contributed by atoms with Crippen molar-refractivity contribution in [3.05, 3.63) is 113 Å². The number of nitrogens with one attached hydrogen (secondary N) is 4. The summed E-state index contributed by atoms with van der Waals surface area (Å²) in [6, 6.07) is 16.7. The molecule has 11 rings (SSSR count). The molecule has 7 heterocycles. The maximum absolute atomic E-state index is 12.4. The molecule has 8 aromatic rings. The van der Waals surface area contributed by atoms with Crippen molar-refractivity contribution in [2.75, 3.05) is 0 Å². The van der Waals surface area contributed by atoms with Crippen molar-refractivity contribution in [1.82, 2.24) is 60.1 Å². The minimum atomic E-state index is -0.523. The summed E-state index contributed by atoms with van der Waals surface area (Å²) >= 11 is 5.97. The van der Waals surface area contributed by atoms with E-state index in [0.29, 0.717) is 5.15 Å². The Hall–Kier alpha value is -7.09. The number of carbonyl (C=O) groups is 2. The molecule has 2 unspecified atom stereocenters. The number of rotatable bonds is 6. The van der Waals surface area contributed by atoms with Gasteiger partial charge in [-0.1, -0.05) is 54.8 Å². The minimum Gasteiger partial charge on any atom is -0.444 e. The van der Waals surface area contributed by atoms with E-state index in [1.807, 2.05) is 80.3 Å². The van der Waals surface area contributed by atoms with Crippen molar-refractivity contribution in [2.45, 2.75) is 155 Å². The van der Waals surface area contributed by atoms with Gasteiger partial charge in [0, 0.05) is 48.6 Å². The van der Waals surface area contributed by atoms with Crippen LogP contribution in [0.3, 0.4) is 0 Å². The summed E-state index contributed by atoms with van der Waals surface area (Å²) in [6.07, 6.45) is 17.9. The quantitative estimate of drug-likeness (QED) is 0.0695. The molecule has 20 heteroatoms. The van der Waals surface area contributed by atoms with Gasteiger partial charge in [0.1, 0.15) is 40.3 Å². The molecule has 3 aliphatic rings. The first-order valence-corrected chi connectivity index (χ1v) is 27.2.